The second-order valence-electron chi connectivity index (χ2n) is 4.68. The Bertz CT molecular complexity index is 667. The molecule has 2 aromatic rings. The van der Waals surface area contributed by atoms with Gasteiger partial charge in [0, 0.05) is 0 Å². The summed E-state index contributed by atoms with van der Waals surface area (Å²) in [4.78, 5) is 25.8. The Labute approximate surface area is 127 Å². The van der Waals surface area contributed by atoms with E-state index in [2.05, 4.69) is 21.2 Å². The molecule has 5 nitrogen and oxygen atoms in total. The van der Waals surface area contributed by atoms with E-state index < -0.39 is 11.6 Å². The predicted octanol–water partition coefficient (Wildman–Crippen LogP) is 3.07. The first-order valence-corrected chi connectivity index (χ1v) is 7.59. The number of hydrogen-bond acceptors (Lipinski definition) is 4. The van der Waals surface area contributed by atoms with Gasteiger partial charge in [-0.15, -0.1) is 11.3 Å². The Morgan fingerprint density at radius 2 is 2.30 bits per heavy atom. The Morgan fingerprint density at radius 1 is 1.50 bits per heavy atom. The zero-order chi connectivity index (χ0) is 14.3. The van der Waals surface area contributed by atoms with Gasteiger partial charge < -0.3 is 9.73 Å². The highest BCUT2D eigenvalue weighted by molar-refractivity contribution is 9.11. The molecule has 2 aromatic heterocycles. The second kappa shape index (κ2) is 4.75. The average Bonchev–Trinajstić information content (AvgIpc) is 3.09. The maximum atomic E-state index is 12.5. The lowest BCUT2D eigenvalue weighted by Crippen LogP contribution is -2.40. The zero-order valence-corrected chi connectivity index (χ0v) is 13.0. The molecule has 1 atom stereocenters. The Balaban J connectivity index is 1.87. The van der Waals surface area contributed by atoms with Crippen LogP contribution in [-0.4, -0.2) is 16.8 Å². The van der Waals surface area contributed by atoms with Crippen molar-refractivity contribution in [2.24, 2.45) is 0 Å². The molecule has 1 aliphatic rings. The van der Waals surface area contributed by atoms with E-state index in [-0.39, 0.29) is 12.5 Å². The molecule has 1 aliphatic heterocycles. The van der Waals surface area contributed by atoms with Crippen molar-refractivity contribution in [1.29, 1.82) is 0 Å². The first-order valence-electron chi connectivity index (χ1n) is 5.92. The maximum absolute atomic E-state index is 12.5. The van der Waals surface area contributed by atoms with Gasteiger partial charge in [0.05, 0.1) is 16.6 Å². The summed E-state index contributed by atoms with van der Waals surface area (Å²) in [6.45, 7) is 1.90. The molecular weight excluding hydrogens is 344 g/mol. The van der Waals surface area contributed by atoms with Gasteiger partial charge in [-0.05, 0) is 52.0 Å². The van der Waals surface area contributed by atoms with Crippen LogP contribution in [0.25, 0.3) is 0 Å². The van der Waals surface area contributed by atoms with Gasteiger partial charge in [-0.25, -0.2) is 4.79 Å². The van der Waals surface area contributed by atoms with Crippen LogP contribution in [0.15, 0.2) is 38.0 Å². The molecule has 3 amide bonds. The third-order valence-electron chi connectivity index (χ3n) is 3.25. The molecule has 1 fully saturated rings. The summed E-state index contributed by atoms with van der Waals surface area (Å²) in [5.41, 5.74) is -0.220. The van der Waals surface area contributed by atoms with Crippen molar-refractivity contribution in [1.82, 2.24) is 10.2 Å². The fourth-order valence-electron chi connectivity index (χ4n) is 2.18. The molecule has 1 N–H and O–H groups in total. The number of carbonyl (C=O) groups is 2. The van der Waals surface area contributed by atoms with Gasteiger partial charge in [-0.1, -0.05) is 0 Å². The molecule has 1 saturated heterocycles. The molecule has 0 radical (unpaired) electrons. The van der Waals surface area contributed by atoms with Crippen LogP contribution in [0.5, 0.6) is 0 Å². The standard InChI is InChI=1S/C13H11BrN2O3S/c1-13(9-3-2-4-19-9)11(17)16(12(18)15-13)6-8-5-10(14)20-7-8/h2-5,7H,6H2,1H3,(H,15,18). The van der Waals surface area contributed by atoms with Gasteiger partial charge in [-0.3, -0.25) is 9.69 Å². The third-order valence-corrected chi connectivity index (χ3v) is 4.80. The van der Waals surface area contributed by atoms with E-state index in [0.717, 1.165) is 9.35 Å². The van der Waals surface area contributed by atoms with Crippen molar-refractivity contribution in [3.8, 4) is 0 Å². The van der Waals surface area contributed by atoms with Crippen molar-refractivity contribution in [3.05, 3.63) is 45.0 Å². The number of urea groups is 1. The maximum Gasteiger partial charge on any atom is 0.325 e. The SMILES string of the molecule is CC1(c2ccco2)NC(=O)N(Cc2csc(Br)c2)C1=O. The number of rotatable bonds is 3. The predicted molar refractivity (Wildman–Crippen MR) is 77.2 cm³/mol. The van der Waals surface area contributed by atoms with Crippen LogP contribution < -0.4 is 5.32 Å². The lowest BCUT2D eigenvalue weighted by Gasteiger charge is -2.18. The van der Waals surface area contributed by atoms with Crippen LogP contribution in [0.2, 0.25) is 0 Å². The molecule has 0 aromatic carbocycles. The summed E-state index contributed by atoms with van der Waals surface area (Å²) in [6.07, 6.45) is 1.48. The summed E-state index contributed by atoms with van der Waals surface area (Å²) >= 11 is 4.88. The number of furan rings is 1. The minimum Gasteiger partial charge on any atom is -0.466 e. The number of thiophene rings is 1. The van der Waals surface area contributed by atoms with Crippen LogP contribution >= 0.6 is 27.3 Å². The number of nitrogens with zero attached hydrogens (tertiary/aromatic N) is 1. The lowest BCUT2D eigenvalue weighted by atomic mass is 9.99. The second-order valence-corrected chi connectivity index (χ2v) is 6.97. The van der Waals surface area contributed by atoms with Crippen molar-refractivity contribution >= 4 is 39.2 Å². The first kappa shape index (κ1) is 13.4. The highest BCUT2D eigenvalue weighted by Gasteiger charge is 2.50. The van der Waals surface area contributed by atoms with Crippen LogP contribution in [0.3, 0.4) is 0 Å². The summed E-state index contributed by atoms with van der Waals surface area (Å²) in [5, 5.41) is 4.60. The first-order chi connectivity index (χ1) is 9.50. The van der Waals surface area contributed by atoms with E-state index in [0.29, 0.717) is 5.76 Å². The monoisotopic (exact) mass is 354 g/mol. The number of carbonyl (C=O) groups excluding carboxylic acids is 2. The smallest absolute Gasteiger partial charge is 0.325 e. The van der Waals surface area contributed by atoms with E-state index >= 15 is 0 Å². The van der Waals surface area contributed by atoms with Gasteiger partial charge in [0.1, 0.15) is 5.76 Å². The molecule has 20 heavy (non-hydrogen) atoms. The van der Waals surface area contributed by atoms with Crippen LogP contribution in [0, 0.1) is 0 Å². The molecule has 7 heteroatoms. The normalized spacial score (nSPS) is 22.4. The summed E-state index contributed by atoms with van der Waals surface area (Å²) < 4.78 is 6.24. The fourth-order valence-corrected chi connectivity index (χ4v) is 3.38. The minimum absolute atomic E-state index is 0.253. The Kier molecular flexibility index (Phi) is 3.18. The minimum atomic E-state index is -1.13. The molecule has 0 saturated carbocycles. The summed E-state index contributed by atoms with van der Waals surface area (Å²) in [7, 11) is 0. The highest BCUT2D eigenvalue weighted by Crippen LogP contribution is 2.31. The van der Waals surface area contributed by atoms with Crippen LogP contribution in [0.4, 0.5) is 4.79 Å². The third kappa shape index (κ3) is 2.06. The van der Waals surface area contributed by atoms with E-state index in [1.165, 1.54) is 22.5 Å². The Hall–Kier alpha value is -1.60. The zero-order valence-electron chi connectivity index (χ0n) is 10.6. The highest BCUT2D eigenvalue weighted by atomic mass is 79.9. The average molecular weight is 355 g/mol. The topological polar surface area (TPSA) is 62.6 Å². The van der Waals surface area contributed by atoms with Crippen LogP contribution in [-0.2, 0) is 16.9 Å². The van der Waals surface area contributed by atoms with Crippen molar-refractivity contribution in [2.45, 2.75) is 19.0 Å². The van der Waals surface area contributed by atoms with E-state index in [9.17, 15) is 9.59 Å². The van der Waals surface area contributed by atoms with E-state index in [4.69, 9.17) is 4.42 Å². The molecule has 3 rings (SSSR count). The Morgan fingerprint density at radius 3 is 2.90 bits per heavy atom. The molecular formula is C13H11BrN2O3S. The van der Waals surface area contributed by atoms with Gasteiger partial charge in [0.25, 0.3) is 5.91 Å². The lowest BCUT2D eigenvalue weighted by molar-refractivity contribution is -0.132. The van der Waals surface area contributed by atoms with E-state index in [1.54, 1.807) is 19.1 Å². The van der Waals surface area contributed by atoms with Crippen molar-refractivity contribution < 1.29 is 14.0 Å². The molecule has 104 valence electrons. The number of amides is 3. The van der Waals surface area contributed by atoms with Gasteiger partial charge >= 0.3 is 6.03 Å². The molecule has 0 aliphatic carbocycles. The van der Waals surface area contributed by atoms with Gasteiger partial charge in [-0.2, -0.15) is 0 Å². The van der Waals surface area contributed by atoms with Gasteiger partial charge in [0.2, 0.25) is 0 Å². The number of nitrogens with one attached hydrogen (secondary N) is 1. The van der Waals surface area contributed by atoms with Gasteiger partial charge in [0.15, 0.2) is 5.54 Å². The fraction of sp³-hybridized carbons (Fsp3) is 0.231. The molecule has 0 spiro atoms. The number of hydrogen-bond donors (Lipinski definition) is 1. The molecule has 0 bridgehead atoms. The molecule has 1 unspecified atom stereocenters. The van der Waals surface area contributed by atoms with Crippen molar-refractivity contribution in [2.75, 3.05) is 0 Å². The van der Waals surface area contributed by atoms with Crippen LogP contribution in [0.1, 0.15) is 18.2 Å². The number of imide groups is 1. The summed E-state index contributed by atoms with van der Waals surface area (Å²) in [6, 6.07) is 4.87. The largest absolute Gasteiger partial charge is 0.466 e. The molecule has 3 heterocycles. The summed E-state index contributed by atoms with van der Waals surface area (Å²) in [5.74, 6) is 0.129. The quantitative estimate of drug-likeness (QED) is 0.861. The number of halogens is 1. The van der Waals surface area contributed by atoms with Crippen molar-refractivity contribution in [3.63, 3.8) is 0 Å². The van der Waals surface area contributed by atoms with E-state index in [1.807, 2.05) is 11.4 Å².